The van der Waals surface area contributed by atoms with Crippen molar-refractivity contribution in [2.45, 2.75) is 59.1 Å². The van der Waals surface area contributed by atoms with Crippen molar-refractivity contribution in [3.05, 3.63) is 28.8 Å². The first-order valence-corrected chi connectivity index (χ1v) is 7.83. The first kappa shape index (κ1) is 15.7. The third kappa shape index (κ3) is 3.67. The van der Waals surface area contributed by atoms with E-state index >= 15 is 0 Å². The lowest BCUT2D eigenvalue weighted by atomic mass is 9.70. The van der Waals surface area contributed by atoms with Gasteiger partial charge in [0.2, 0.25) is 0 Å². The van der Waals surface area contributed by atoms with Gasteiger partial charge in [-0.05, 0) is 61.3 Å². The van der Waals surface area contributed by atoms with Gasteiger partial charge in [-0.2, -0.15) is 0 Å². The van der Waals surface area contributed by atoms with E-state index in [1.54, 1.807) is 0 Å². The van der Waals surface area contributed by atoms with Gasteiger partial charge < -0.3 is 10.5 Å². The molecule has 1 aliphatic carbocycles. The van der Waals surface area contributed by atoms with Crippen molar-refractivity contribution in [1.82, 2.24) is 0 Å². The van der Waals surface area contributed by atoms with Crippen LogP contribution < -0.4 is 10.5 Å². The summed E-state index contributed by atoms with van der Waals surface area (Å²) in [5, 5.41) is 0.776. The highest BCUT2D eigenvalue weighted by Crippen LogP contribution is 2.38. The largest absolute Gasteiger partial charge is 0.489 e. The third-order valence-corrected chi connectivity index (χ3v) is 4.91. The third-order valence-electron chi connectivity index (χ3n) is 4.48. The molecule has 0 heterocycles. The van der Waals surface area contributed by atoms with E-state index in [-0.39, 0.29) is 12.1 Å². The number of ether oxygens (including phenoxy) is 1. The van der Waals surface area contributed by atoms with Gasteiger partial charge in [0, 0.05) is 11.1 Å². The lowest BCUT2D eigenvalue weighted by molar-refractivity contribution is 0.0591. The summed E-state index contributed by atoms with van der Waals surface area (Å²) in [4.78, 5) is 0. The Morgan fingerprint density at radius 1 is 1.25 bits per heavy atom. The average molecular weight is 296 g/mol. The predicted molar refractivity (Wildman–Crippen MR) is 85.4 cm³/mol. The number of nitrogens with two attached hydrogens (primary N) is 1. The Morgan fingerprint density at radius 2 is 1.95 bits per heavy atom. The van der Waals surface area contributed by atoms with E-state index in [2.05, 4.69) is 20.8 Å². The minimum Gasteiger partial charge on any atom is -0.489 e. The Bertz CT molecular complexity index is 467. The van der Waals surface area contributed by atoms with Crippen molar-refractivity contribution in [2.75, 3.05) is 0 Å². The summed E-state index contributed by atoms with van der Waals surface area (Å²) in [6, 6.07) is 5.95. The molecule has 1 aromatic rings. The smallest absolute Gasteiger partial charge is 0.120 e. The monoisotopic (exact) mass is 295 g/mol. The van der Waals surface area contributed by atoms with E-state index in [9.17, 15) is 0 Å². The molecule has 2 N–H and O–H groups in total. The van der Waals surface area contributed by atoms with Crippen molar-refractivity contribution in [2.24, 2.45) is 17.1 Å². The number of halogens is 1. The lowest BCUT2D eigenvalue weighted by Gasteiger charge is -2.40. The van der Waals surface area contributed by atoms with Crippen LogP contribution in [0.1, 0.15) is 45.6 Å². The van der Waals surface area contributed by atoms with Gasteiger partial charge in [0.15, 0.2) is 0 Å². The number of aryl methyl sites for hydroxylation is 1. The van der Waals surface area contributed by atoms with Crippen molar-refractivity contribution in [3.63, 3.8) is 0 Å². The van der Waals surface area contributed by atoms with Crippen LogP contribution in [0.5, 0.6) is 5.75 Å². The van der Waals surface area contributed by atoms with Gasteiger partial charge >= 0.3 is 0 Å². The van der Waals surface area contributed by atoms with E-state index in [0.717, 1.165) is 29.2 Å². The quantitative estimate of drug-likeness (QED) is 0.867. The molecule has 112 valence electrons. The molecule has 3 heteroatoms. The molecule has 1 saturated carbocycles. The number of hydrogen-bond acceptors (Lipinski definition) is 2. The van der Waals surface area contributed by atoms with Crippen LogP contribution in [0.2, 0.25) is 5.02 Å². The highest BCUT2D eigenvalue weighted by Gasteiger charge is 2.35. The Morgan fingerprint density at radius 3 is 2.55 bits per heavy atom. The number of benzene rings is 1. The Balaban J connectivity index is 2.08. The van der Waals surface area contributed by atoms with Crippen molar-refractivity contribution in [1.29, 1.82) is 0 Å². The summed E-state index contributed by atoms with van der Waals surface area (Å²) < 4.78 is 6.15. The van der Waals surface area contributed by atoms with Crippen LogP contribution in [0.3, 0.4) is 0 Å². The molecule has 0 spiro atoms. The number of hydrogen-bond donors (Lipinski definition) is 1. The van der Waals surface area contributed by atoms with Gasteiger partial charge in [0.1, 0.15) is 11.9 Å². The minimum absolute atomic E-state index is 0.105. The summed E-state index contributed by atoms with van der Waals surface area (Å²) in [5.74, 6) is 1.54. The van der Waals surface area contributed by atoms with E-state index < -0.39 is 0 Å². The minimum atomic E-state index is 0.105. The van der Waals surface area contributed by atoms with Crippen LogP contribution >= 0.6 is 11.6 Å². The second-order valence-electron chi connectivity index (χ2n) is 7.11. The maximum absolute atomic E-state index is 6.25. The Labute approximate surface area is 127 Å². The molecule has 1 aromatic carbocycles. The van der Waals surface area contributed by atoms with Crippen LogP contribution in [0.4, 0.5) is 0 Å². The molecule has 0 aliphatic heterocycles. The van der Waals surface area contributed by atoms with E-state index in [1.807, 2.05) is 25.1 Å². The van der Waals surface area contributed by atoms with Crippen LogP contribution in [-0.2, 0) is 0 Å². The molecular weight excluding hydrogens is 270 g/mol. The summed E-state index contributed by atoms with van der Waals surface area (Å²) in [5.41, 5.74) is 7.61. The van der Waals surface area contributed by atoms with Gasteiger partial charge in [0.25, 0.3) is 0 Å². The molecule has 0 radical (unpaired) electrons. The maximum Gasteiger partial charge on any atom is 0.120 e. The summed E-state index contributed by atoms with van der Waals surface area (Å²) in [7, 11) is 0. The van der Waals surface area contributed by atoms with Crippen molar-refractivity contribution >= 4 is 11.6 Å². The van der Waals surface area contributed by atoms with Gasteiger partial charge in [-0.1, -0.05) is 32.4 Å². The van der Waals surface area contributed by atoms with Gasteiger partial charge in [-0.25, -0.2) is 0 Å². The van der Waals surface area contributed by atoms with Crippen molar-refractivity contribution < 1.29 is 4.74 Å². The van der Waals surface area contributed by atoms with E-state index in [1.165, 1.54) is 6.42 Å². The zero-order valence-corrected chi connectivity index (χ0v) is 13.7. The van der Waals surface area contributed by atoms with Gasteiger partial charge in [0.05, 0.1) is 0 Å². The molecule has 0 bridgehead atoms. The molecule has 0 saturated heterocycles. The fourth-order valence-electron chi connectivity index (χ4n) is 2.94. The van der Waals surface area contributed by atoms with Crippen LogP contribution in [0.15, 0.2) is 18.2 Å². The van der Waals surface area contributed by atoms with E-state index in [4.69, 9.17) is 22.1 Å². The molecule has 3 unspecified atom stereocenters. The second kappa shape index (κ2) is 5.95. The zero-order valence-electron chi connectivity index (χ0n) is 12.9. The van der Waals surface area contributed by atoms with Crippen LogP contribution in [-0.4, -0.2) is 12.1 Å². The lowest BCUT2D eigenvalue weighted by Crippen LogP contribution is -2.46. The van der Waals surface area contributed by atoms with Crippen LogP contribution in [0.25, 0.3) is 0 Å². The molecule has 3 atom stereocenters. The van der Waals surface area contributed by atoms with Crippen LogP contribution in [0, 0.1) is 18.3 Å². The van der Waals surface area contributed by atoms with Gasteiger partial charge in [-0.3, -0.25) is 0 Å². The van der Waals surface area contributed by atoms with Gasteiger partial charge in [-0.15, -0.1) is 0 Å². The summed E-state index contributed by atoms with van der Waals surface area (Å²) in [6.45, 7) is 8.90. The molecule has 2 nitrogen and oxygen atoms in total. The Hall–Kier alpha value is -0.730. The number of rotatable bonds is 2. The zero-order chi connectivity index (χ0) is 14.9. The molecule has 20 heavy (non-hydrogen) atoms. The first-order valence-electron chi connectivity index (χ1n) is 7.46. The normalized spacial score (nSPS) is 27.4. The summed E-state index contributed by atoms with van der Waals surface area (Å²) in [6.07, 6.45) is 3.38. The highest BCUT2D eigenvalue weighted by atomic mass is 35.5. The predicted octanol–water partition coefficient (Wildman–Crippen LogP) is 4.57. The maximum atomic E-state index is 6.25. The molecule has 1 aliphatic rings. The molecule has 0 aromatic heterocycles. The fourth-order valence-corrected chi connectivity index (χ4v) is 3.06. The fraction of sp³-hybridized carbons (Fsp3) is 0.647. The first-order chi connectivity index (χ1) is 9.27. The second-order valence-corrected chi connectivity index (χ2v) is 7.51. The highest BCUT2D eigenvalue weighted by molar-refractivity contribution is 6.31. The Kier molecular flexibility index (Phi) is 4.66. The molecular formula is C17H26ClNO. The molecule has 0 amide bonds. The van der Waals surface area contributed by atoms with Crippen molar-refractivity contribution in [3.8, 4) is 5.75 Å². The average Bonchev–Trinajstić information content (AvgIpc) is 2.35. The van der Waals surface area contributed by atoms with E-state index in [0.29, 0.717) is 11.3 Å². The SMILES string of the molecule is Cc1cc(OC2CC(C(C)(C)C)CCC2N)ccc1Cl. The molecule has 1 fully saturated rings. The summed E-state index contributed by atoms with van der Waals surface area (Å²) >= 11 is 6.05. The molecule has 2 rings (SSSR count). The standard InChI is InChI=1S/C17H26ClNO/c1-11-9-13(6-7-14(11)18)20-16-10-12(17(2,3)4)5-8-15(16)19/h6-7,9,12,15-16H,5,8,10,19H2,1-4H3. The topological polar surface area (TPSA) is 35.2 Å².